The number of methoxy groups -OCH3 is 1. The summed E-state index contributed by atoms with van der Waals surface area (Å²) in [6.45, 7) is -0.484. The Balaban J connectivity index is 1.66. The van der Waals surface area contributed by atoms with Crippen molar-refractivity contribution in [2.45, 2.75) is 12.8 Å². The molecule has 0 radical (unpaired) electrons. The van der Waals surface area contributed by atoms with Crippen LogP contribution in [-0.4, -0.2) is 31.5 Å². The Labute approximate surface area is 161 Å². The number of hydrogen-bond donors (Lipinski definition) is 2. The lowest BCUT2D eigenvalue weighted by Gasteiger charge is -2.08. The van der Waals surface area contributed by atoms with Gasteiger partial charge in [0, 0.05) is 17.0 Å². The van der Waals surface area contributed by atoms with Crippen molar-refractivity contribution >= 4 is 29.4 Å². The van der Waals surface area contributed by atoms with Gasteiger partial charge in [-0.05, 0) is 48.4 Å². The van der Waals surface area contributed by atoms with E-state index in [1.807, 2.05) is 12.1 Å². The summed E-state index contributed by atoms with van der Waals surface area (Å²) in [5, 5.41) is 0.497. The van der Waals surface area contributed by atoms with Gasteiger partial charge in [-0.25, -0.2) is 0 Å². The maximum Gasteiger partial charge on any atom is 0.306 e. The minimum Gasteiger partial charge on any atom is -0.497 e. The molecule has 0 spiro atoms. The van der Waals surface area contributed by atoms with E-state index in [0.29, 0.717) is 17.0 Å². The molecule has 2 amide bonds. The maximum absolute atomic E-state index is 11.8. The smallest absolute Gasteiger partial charge is 0.306 e. The summed E-state index contributed by atoms with van der Waals surface area (Å²) in [5.41, 5.74) is 5.68. The lowest BCUT2D eigenvalue weighted by atomic mass is 10.1. The van der Waals surface area contributed by atoms with E-state index in [9.17, 15) is 14.4 Å². The predicted molar refractivity (Wildman–Crippen MR) is 99.3 cm³/mol. The molecule has 2 rings (SSSR count). The van der Waals surface area contributed by atoms with Crippen molar-refractivity contribution < 1.29 is 23.9 Å². The minimum absolute atomic E-state index is 0.136. The highest BCUT2D eigenvalue weighted by atomic mass is 35.5. The van der Waals surface area contributed by atoms with Crippen molar-refractivity contribution in [3.05, 3.63) is 64.7 Å². The topological polar surface area (TPSA) is 93.7 Å². The van der Waals surface area contributed by atoms with Crippen molar-refractivity contribution in [1.29, 1.82) is 0 Å². The summed E-state index contributed by atoms with van der Waals surface area (Å²) < 4.78 is 9.94. The highest BCUT2D eigenvalue weighted by Crippen LogP contribution is 2.12. The number of nitrogens with one attached hydrogen (secondary N) is 2. The van der Waals surface area contributed by atoms with Crippen LogP contribution in [0.25, 0.3) is 0 Å². The molecule has 0 saturated carbocycles. The molecular formula is C19H19ClN2O5. The molecule has 27 heavy (non-hydrogen) atoms. The minimum atomic E-state index is -0.643. The zero-order valence-electron chi connectivity index (χ0n) is 14.7. The van der Waals surface area contributed by atoms with Gasteiger partial charge in [0.25, 0.3) is 11.8 Å². The van der Waals surface area contributed by atoms with E-state index in [4.69, 9.17) is 21.1 Å². The molecule has 0 atom stereocenters. The molecule has 0 aliphatic heterocycles. The average molecular weight is 391 g/mol. The summed E-state index contributed by atoms with van der Waals surface area (Å²) in [4.78, 5) is 35.2. The van der Waals surface area contributed by atoms with Crippen LogP contribution in [0.15, 0.2) is 48.5 Å². The normalized spacial score (nSPS) is 10.0. The van der Waals surface area contributed by atoms with Gasteiger partial charge in [-0.3, -0.25) is 25.2 Å². The molecule has 0 unspecified atom stereocenters. The molecule has 0 aliphatic carbocycles. The van der Waals surface area contributed by atoms with E-state index in [1.165, 1.54) is 12.1 Å². The molecule has 0 aromatic heterocycles. The van der Waals surface area contributed by atoms with Crippen LogP contribution in [0.3, 0.4) is 0 Å². The fourth-order valence-electron chi connectivity index (χ4n) is 2.09. The highest BCUT2D eigenvalue weighted by Gasteiger charge is 2.10. The van der Waals surface area contributed by atoms with Gasteiger partial charge in [-0.15, -0.1) is 0 Å². The van der Waals surface area contributed by atoms with Gasteiger partial charge in [-0.2, -0.15) is 0 Å². The summed E-state index contributed by atoms with van der Waals surface area (Å²) >= 11 is 5.74. The number of carbonyl (C=O) groups is 3. The van der Waals surface area contributed by atoms with Crippen molar-refractivity contribution in [2.24, 2.45) is 0 Å². The number of halogens is 1. The van der Waals surface area contributed by atoms with E-state index in [0.717, 1.165) is 11.3 Å². The van der Waals surface area contributed by atoms with Gasteiger partial charge in [0.2, 0.25) is 0 Å². The molecule has 2 aromatic rings. The first-order chi connectivity index (χ1) is 13.0. The van der Waals surface area contributed by atoms with E-state index < -0.39 is 24.4 Å². The Morgan fingerprint density at radius 1 is 0.963 bits per heavy atom. The number of benzene rings is 2. The number of rotatable bonds is 7. The average Bonchev–Trinajstić information content (AvgIpc) is 2.69. The van der Waals surface area contributed by atoms with Gasteiger partial charge in [0.15, 0.2) is 6.61 Å². The Hall–Kier alpha value is -3.06. The standard InChI is InChI=1S/C19H19ClN2O5/c1-26-16-9-2-13(3-10-16)4-11-18(24)27-12-17(23)21-22-19(25)14-5-7-15(20)8-6-14/h2-3,5-10H,4,11-12H2,1H3,(H,21,23)(H,22,25). The first-order valence-corrected chi connectivity index (χ1v) is 8.49. The van der Waals surface area contributed by atoms with E-state index in [1.54, 1.807) is 31.4 Å². The zero-order chi connectivity index (χ0) is 19.6. The van der Waals surface area contributed by atoms with E-state index in [-0.39, 0.29) is 6.42 Å². The monoisotopic (exact) mass is 390 g/mol. The number of amides is 2. The molecule has 2 aromatic carbocycles. The van der Waals surface area contributed by atoms with Crippen LogP contribution < -0.4 is 15.6 Å². The third-order valence-corrected chi connectivity index (χ3v) is 3.81. The Morgan fingerprint density at radius 2 is 1.63 bits per heavy atom. The predicted octanol–water partition coefficient (Wildman–Crippen LogP) is 2.29. The van der Waals surface area contributed by atoms with Gasteiger partial charge in [0.1, 0.15) is 5.75 Å². The van der Waals surface area contributed by atoms with Crippen LogP contribution in [0.2, 0.25) is 5.02 Å². The molecule has 0 saturated heterocycles. The first-order valence-electron chi connectivity index (χ1n) is 8.11. The van der Waals surface area contributed by atoms with Crippen LogP contribution in [0.1, 0.15) is 22.3 Å². The molecule has 0 fully saturated rings. The second-order valence-electron chi connectivity index (χ2n) is 5.52. The number of aryl methyl sites for hydroxylation is 1. The van der Waals surface area contributed by atoms with Crippen molar-refractivity contribution in [2.75, 3.05) is 13.7 Å². The third-order valence-electron chi connectivity index (χ3n) is 3.56. The Bertz CT molecular complexity index is 791. The van der Waals surface area contributed by atoms with Crippen molar-refractivity contribution in [3.8, 4) is 5.75 Å². The SMILES string of the molecule is COc1ccc(CCC(=O)OCC(=O)NNC(=O)c2ccc(Cl)cc2)cc1. The maximum atomic E-state index is 11.8. The fourth-order valence-corrected chi connectivity index (χ4v) is 2.22. The van der Waals surface area contributed by atoms with E-state index in [2.05, 4.69) is 10.9 Å². The second kappa shape index (κ2) is 10.2. The van der Waals surface area contributed by atoms with Crippen LogP contribution in [0.4, 0.5) is 0 Å². The summed E-state index contributed by atoms with van der Waals surface area (Å²) in [7, 11) is 1.58. The lowest BCUT2D eigenvalue weighted by molar-refractivity contribution is -0.148. The molecule has 7 nitrogen and oxygen atoms in total. The summed E-state index contributed by atoms with van der Waals surface area (Å²) in [6, 6.07) is 13.5. The summed E-state index contributed by atoms with van der Waals surface area (Å²) in [5.74, 6) is -0.926. The molecule has 0 heterocycles. The lowest BCUT2D eigenvalue weighted by Crippen LogP contribution is -2.43. The molecular weight excluding hydrogens is 372 g/mol. The van der Waals surface area contributed by atoms with Gasteiger partial charge in [-0.1, -0.05) is 23.7 Å². The molecule has 0 aliphatic rings. The van der Waals surface area contributed by atoms with Crippen LogP contribution in [-0.2, 0) is 20.7 Å². The number of hydrazine groups is 1. The number of esters is 1. The quantitative estimate of drug-likeness (QED) is 0.558. The molecule has 0 bridgehead atoms. The zero-order valence-corrected chi connectivity index (χ0v) is 15.4. The molecule has 8 heteroatoms. The number of carbonyl (C=O) groups excluding carboxylic acids is 3. The largest absolute Gasteiger partial charge is 0.497 e. The van der Waals surface area contributed by atoms with Crippen molar-refractivity contribution in [3.63, 3.8) is 0 Å². The van der Waals surface area contributed by atoms with Gasteiger partial charge >= 0.3 is 5.97 Å². The highest BCUT2D eigenvalue weighted by molar-refractivity contribution is 6.30. The van der Waals surface area contributed by atoms with Crippen LogP contribution in [0, 0.1) is 0 Å². The van der Waals surface area contributed by atoms with E-state index >= 15 is 0 Å². The summed E-state index contributed by atoms with van der Waals surface area (Å²) in [6.07, 6.45) is 0.620. The molecule has 2 N–H and O–H groups in total. The Morgan fingerprint density at radius 3 is 2.26 bits per heavy atom. The molecule has 142 valence electrons. The fraction of sp³-hybridized carbons (Fsp3) is 0.211. The Kier molecular flexibility index (Phi) is 7.63. The first kappa shape index (κ1) is 20.3. The number of ether oxygens (including phenoxy) is 2. The van der Waals surface area contributed by atoms with Gasteiger partial charge in [0.05, 0.1) is 7.11 Å². The second-order valence-corrected chi connectivity index (χ2v) is 5.95. The van der Waals surface area contributed by atoms with Crippen LogP contribution in [0.5, 0.6) is 5.75 Å². The van der Waals surface area contributed by atoms with Crippen molar-refractivity contribution in [1.82, 2.24) is 10.9 Å². The third kappa shape index (κ3) is 6.99. The van der Waals surface area contributed by atoms with Gasteiger partial charge < -0.3 is 9.47 Å². The van der Waals surface area contributed by atoms with Crippen LogP contribution >= 0.6 is 11.6 Å². The number of hydrogen-bond acceptors (Lipinski definition) is 5.